The molecule has 1 aromatic carbocycles. The predicted octanol–water partition coefficient (Wildman–Crippen LogP) is 2.30. The summed E-state index contributed by atoms with van der Waals surface area (Å²) in [6.45, 7) is 0. The van der Waals surface area contributed by atoms with Crippen LogP contribution in [0.15, 0.2) is 29.3 Å². The Kier molecular flexibility index (Phi) is 1.95. The van der Waals surface area contributed by atoms with Crippen LogP contribution >= 0.6 is 11.8 Å². The van der Waals surface area contributed by atoms with Crippen molar-refractivity contribution in [3.05, 3.63) is 35.9 Å². The second-order valence-electron chi connectivity index (χ2n) is 2.42. The molecule has 11 heavy (non-hydrogen) atoms. The third kappa shape index (κ3) is 1.46. The number of benzene rings is 1. The number of aliphatic imine (C=N–C) groups is 1. The van der Waals surface area contributed by atoms with Crippen LogP contribution in [0.3, 0.4) is 0 Å². The lowest BCUT2D eigenvalue weighted by molar-refractivity contribution is 0.850. The number of rotatable bonds is 1. The fourth-order valence-corrected chi connectivity index (χ4v) is 1.85. The van der Waals surface area contributed by atoms with E-state index in [0.717, 1.165) is 5.75 Å². The lowest BCUT2D eigenvalue weighted by Crippen LogP contribution is -1.92. The third-order valence-electron chi connectivity index (χ3n) is 1.66. The van der Waals surface area contributed by atoms with Crippen LogP contribution in [0.2, 0.25) is 0 Å². The lowest BCUT2D eigenvalue weighted by atomic mass is 10.1. The first-order valence-electron chi connectivity index (χ1n) is 3.57. The van der Waals surface area contributed by atoms with Gasteiger partial charge in [0.2, 0.25) is 0 Å². The maximum absolute atomic E-state index is 4.31. The highest BCUT2D eigenvalue weighted by Gasteiger charge is 2.12. The van der Waals surface area contributed by atoms with Crippen LogP contribution in [0.25, 0.3) is 0 Å². The van der Waals surface area contributed by atoms with Gasteiger partial charge in [0.05, 0.1) is 11.6 Å². The van der Waals surface area contributed by atoms with E-state index in [9.17, 15) is 0 Å². The number of hydrogen-bond acceptors (Lipinski definition) is 2. The second-order valence-corrected chi connectivity index (χ2v) is 3.30. The Balaban J connectivity index is 2.23. The van der Waals surface area contributed by atoms with Gasteiger partial charge >= 0.3 is 0 Å². The molecule has 0 bridgehead atoms. The third-order valence-corrected chi connectivity index (χ3v) is 2.44. The smallest absolute Gasteiger partial charge is 0.0855 e. The summed E-state index contributed by atoms with van der Waals surface area (Å²) in [5.41, 5.74) is 3.12. The average Bonchev–Trinajstić information content (AvgIpc) is 2.58. The molecule has 2 rings (SSSR count). The quantitative estimate of drug-likeness (QED) is 0.617. The maximum Gasteiger partial charge on any atom is 0.0855 e. The van der Waals surface area contributed by atoms with Crippen molar-refractivity contribution in [2.75, 3.05) is 5.75 Å². The summed E-state index contributed by atoms with van der Waals surface area (Å²) in [4.78, 5) is 4.31. The zero-order valence-electron chi connectivity index (χ0n) is 6.03. The van der Waals surface area contributed by atoms with Crippen molar-refractivity contribution in [1.82, 2.24) is 0 Å². The van der Waals surface area contributed by atoms with Crippen LogP contribution in [-0.2, 0) is 0 Å². The van der Waals surface area contributed by atoms with E-state index in [-0.39, 0.29) is 0 Å². The first-order valence-corrected chi connectivity index (χ1v) is 4.61. The number of thioether (sulfide) groups is 1. The van der Waals surface area contributed by atoms with E-state index in [2.05, 4.69) is 17.1 Å². The van der Waals surface area contributed by atoms with E-state index < -0.39 is 0 Å². The van der Waals surface area contributed by atoms with Crippen molar-refractivity contribution in [1.29, 1.82) is 0 Å². The molecule has 1 atom stereocenters. The Hall–Kier alpha value is -0.760. The van der Waals surface area contributed by atoms with Crippen molar-refractivity contribution < 1.29 is 0 Å². The summed E-state index contributed by atoms with van der Waals surface area (Å²) in [6.07, 6.45) is 0. The molecule has 1 aliphatic rings. The molecule has 1 nitrogen and oxygen atoms in total. The van der Waals surface area contributed by atoms with E-state index in [1.807, 2.05) is 23.7 Å². The molecule has 0 saturated heterocycles. The van der Waals surface area contributed by atoms with Gasteiger partial charge in [0, 0.05) is 5.75 Å². The fourth-order valence-electron chi connectivity index (χ4n) is 1.08. The zero-order valence-corrected chi connectivity index (χ0v) is 6.84. The summed E-state index contributed by atoms with van der Waals surface area (Å²) in [7, 11) is 0. The molecule has 0 saturated carbocycles. The summed E-state index contributed by atoms with van der Waals surface area (Å²) in [5.74, 6) is 1.07. The molecule has 1 aliphatic heterocycles. The molecule has 0 N–H and O–H groups in total. The van der Waals surface area contributed by atoms with Gasteiger partial charge in [-0.3, -0.25) is 4.99 Å². The highest BCUT2D eigenvalue weighted by Crippen LogP contribution is 2.25. The van der Waals surface area contributed by atoms with Crippen LogP contribution in [0.4, 0.5) is 0 Å². The van der Waals surface area contributed by atoms with Gasteiger partial charge in [0.25, 0.3) is 0 Å². The van der Waals surface area contributed by atoms with E-state index in [1.165, 1.54) is 5.56 Å². The first-order chi connectivity index (χ1) is 5.47. The monoisotopic (exact) mass is 162 g/mol. The van der Waals surface area contributed by atoms with Gasteiger partial charge in [-0.2, -0.15) is 0 Å². The minimum Gasteiger partial charge on any atom is -0.277 e. The molecule has 0 aromatic heterocycles. The molecule has 55 valence electrons. The highest BCUT2D eigenvalue weighted by molar-refractivity contribution is 8.12. The Morgan fingerprint density at radius 3 is 3.18 bits per heavy atom. The molecular formula is C9H8NS. The van der Waals surface area contributed by atoms with Crippen LogP contribution in [0.5, 0.6) is 0 Å². The Bertz CT molecular complexity index is 256. The molecule has 0 fully saturated rings. The van der Waals surface area contributed by atoms with Crippen molar-refractivity contribution in [2.45, 2.75) is 6.04 Å². The Morgan fingerprint density at radius 2 is 2.55 bits per heavy atom. The van der Waals surface area contributed by atoms with Gasteiger partial charge in [-0.1, -0.05) is 24.3 Å². The molecule has 1 heterocycles. The van der Waals surface area contributed by atoms with Gasteiger partial charge in [-0.25, -0.2) is 0 Å². The minimum absolute atomic E-state index is 0.348. The summed E-state index contributed by atoms with van der Waals surface area (Å²) in [6, 6.07) is 11.6. The van der Waals surface area contributed by atoms with Crippen LogP contribution < -0.4 is 0 Å². The molecule has 0 amide bonds. The highest BCUT2D eigenvalue weighted by atomic mass is 32.2. The van der Waals surface area contributed by atoms with Gasteiger partial charge in [0.15, 0.2) is 0 Å². The topological polar surface area (TPSA) is 12.4 Å². The standard InChI is InChI=1S/C9H8NS/c1-2-4-8(5-3-1)9-6-11-7-10-9/h1-4,7,9H,6H2. The van der Waals surface area contributed by atoms with Gasteiger partial charge in [-0.15, -0.1) is 11.8 Å². The first kappa shape index (κ1) is 6.92. The van der Waals surface area contributed by atoms with Gasteiger partial charge in [-0.05, 0) is 11.6 Å². The van der Waals surface area contributed by atoms with E-state index in [4.69, 9.17) is 0 Å². The molecule has 1 radical (unpaired) electrons. The molecular weight excluding hydrogens is 154 g/mol. The predicted molar refractivity (Wildman–Crippen MR) is 49.0 cm³/mol. The summed E-state index contributed by atoms with van der Waals surface area (Å²) in [5, 5.41) is 0. The average molecular weight is 162 g/mol. The van der Waals surface area contributed by atoms with E-state index in [1.54, 1.807) is 11.8 Å². The molecule has 0 aliphatic carbocycles. The van der Waals surface area contributed by atoms with Gasteiger partial charge < -0.3 is 0 Å². The maximum atomic E-state index is 4.31. The zero-order chi connectivity index (χ0) is 7.52. The number of nitrogens with zero attached hydrogens (tertiary/aromatic N) is 1. The van der Waals surface area contributed by atoms with E-state index >= 15 is 0 Å². The second kappa shape index (κ2) is 3.09. The SMILES string of the molecule is [c]1ccccc1C1CSC=N1. The van der Waals surface area contributed by atoms with Crippen LogP contribution in [0, 0.1) is 6.07 Å². The molecule has 1 aromatic rings. The summed E-state index contributed by atoms with van der Waals surface area (Å²) < 4.78 is 0. The van der Waals surface area contributed by atoms with Crippen molar-refractivity contribution in [3.63, 3.8) is 0 Å². The Labute approximate surface area is 70.5 Å². The minimum atomic E-state index is 0.348. The van der Waals surface area contributed by atoms with Crippen LogP contribution in [-0.4, -0.2) is 11.3 Å². The summed E-state index contributed by atoms with van der Waals surface area (Å²) >= 11 is 1.77. The molecule has 0 spiro atoms. The number of hydrogen-bond donors (Lipinski definition) is 0. The van der Waals surface area contributed by atoms with Crippen LogP contribution in [0.1, 0.15) is 11.6 Å². The largest absolute Gasteiger partial charge is 0.277 e. The normalized spacial score (nSPS) is 22.4. The molecule has 1 unspecified atom stereocenters. The lowest BCUT2D eigenvalue weighted by Gasteiger charge is -2.03. The van der Waals surface area contributed by atoms with Gasteiger partial charge in [0.1, 0.15) is 0 Å². The van der Waals surface area contributed by atoms with E-state index in [0.29, 0.717) is 6.04 Å². The fraction of sp³-hybridized carbons (Fsp3) is 0.222. The Morgan fingerprint density at radius 1 is 1.55 bits per heavy atom. The van der Waals surface area contributed by atoms with Crippen molar-refractivity contribution in [2.24, 2.45) is 4.99 Å². The van der Waals surface area contributed by atoms with Crippen molar-refractivity contribution in [3.8, 4) is 0 Å². The molecule has 2 heteroatoms. The van der Waals surface area contributed by atoms with Crippen molar-refractivity contribution >= 4 is 17.3 Å².